The molecule has 0 unspecified atom stereocenters. The van der Waals surface area contributed by atoms with Crippen molar-refractivity contribution >= 4 is 18.3 Å². The number of hydrogen-bond donors (Lipinski definition) is 1. The summed E-state index contributed by atoms with van der Waals surface area (Å²) in [4.78, 5) is 14.5. The van der Waals surface area contributed by atoms with Crippen molar-refractivity contribution in [2.75, 3.05) is 19.6 Å². The molecule has 1 heterocycles. The Kier molecular flexibility index (Phi) is 4.62. The number of carbonyl (C=O) groups excluding carboxylic acids is 1. The summed E-state index contributed by atoms with van der Waals surface area (Å²) in [6.07, 6.45) is 4.48. The minimum Gasteiger partial charge on any atom is -0.339 e. The van der Waals surface area contributed by atoms with E-state index in [4.69, 9.17) is 0 Å². The maximum Gasteiger partial charge on any atom is 0.228 e. The van der Waals surface area contributed by atoms with E-state index in [0.29, 0.717) is 11.9 Å². The van der Waals surface area contributed by atoms with Gasteiger partial charge in [-0.3, -0.25) is 4.79 Å². The minimum absolute atomic E-state index is 0. The molecule has 2 rings (SSSR count). The molecule has 0 aromatic carbocycles. The van der Waals surface area contributed by atoms with Gasteiger partial charge in [-0.1, -0.05) is 13.3 Å². The Bertz CT molecular complexity index is 248. The molecule has 1 amide bonds. The van der Waals surface area contributed by atoms with Crippen molar-refractivity contribution in [2.45, 2.75) is 45.6 Å². The number of nitrogens with one attached hydrogen (secondary N) is 1. The van der Waals surface area contributed by atoms with Gasteiger partial charge in [0, 0.05) is 31.1 Å². The first-order valence-electron chi connectivity index (χ1n) is 6.21. The predicted molar refractivity (Wildman–Crippen MR) is 67.9 cm³/mol. The standard InChI is InChI=1S/C12H22N2O.ClH/c1-3-12(5-4-6-12)11(15)14-8-7-13-10(2)9-14;/h10,13H,3-9H2,1-2H3;1H/t10-;/m1./s1. The van der Waals surface area contributed by atoms with Crippen LogP contribution in [0.3, 0.4) is 0 Å². The Labute approximate surface area is 104 Å². The monoisotopic (exact) mass is 246 g/mol. The average Bonchev–Trinajstić information content (AvgIpc) is 2.17. The van der Waals surface area contributed by atoms with Gasteiger partial charge in [0.05, 0.1) is 0 Å². The Morgan fingerprint density at radius 3 is 2.62 bits per heavy atom. The predicted octanol–water partition coefficient (Wildman–Crippen LogP) is 1.81. The molecular weight excluding hydrogens is 224 g/mol. The molecule has 0 aromatic heterocycles. The highest BCUT2D eigenvalue weighted by atomic mass is 35.5. The van der Waals surface area contributed by atoms with E-state index in [9.17, 15) is 4.79 Å². The molecule has 0 radical (unpaired) electrons. The number of piperazine rings is 1. The average molecular weight is 247 g/mol. The van der Waals surface area contributed by atoms with Gasteiger partial charge in [-0.2, -0.15) is 0 Å². The van der Waals surface area contributed by atoms with Crippen LogP contribution in [0.25, 0.3) is 0 Å². The van der Waals surface area contributed by atoms with E-state index in [1.54, 1.807) is 0 Å². The number of carbonyl (C=O) groups is 1. The lowest BCUT2D eigenvalue weighted by atomic mass is 9.66. The highest BCUT2D eigenvalue weighted by Crippen LogP contribution is 2.45. The fraction of sp³-hybridized carbons (Fsp3) is 0.917. The third-order valence-corrected chi connectivity index (χ3v) is 4.10. The zero-order chi connectivity index (χ0) is 10.9. The number of hydrogen-bond acceptors (Lipinski definition) is 2. The van der Waals surface area contributed by atoms with Gasteiger partial charge in [-0.05, 0) is 26.2 Å². The second-order valence-electron chi connectivity index (χ2n) is 5.09. The molecular formula is C12H23ClN2O. The van der Waals surface area contributed by atoms with E-state index in [0.717, 1.165) is 38.9 Å². The normalized spacial score (nSPS) is 27.9. The van der Waals surface area contributed by atoms with Crippen molar-refractivity contribution in [3.63, 3.8) is 0 Å². The molecule has 4 heteroatoms. The van der Waals surface area contributed by atoms with Crippen molar-refractivity contribution in [3.8, 4) is 0 Å². The van der Waals surface area contributed by atoms with Gasteiger partial charge in [-0.15, -0.1) is 12.4 Å². The van der Waals surface area contributed by atoms with Crippen LogP contribution in [-0.4, -0.2) is 36.5 Å². The van der Waals surface area contributed by atoms with E-state index in [1.165, 1.54) is 6.42 Å². The van der Waals surface area contributed by atoms with Crippen molar-refractivity contribution in [1.29, 1.82) is 0 Å². The summed E-state index contributed by atoms with van der Waals surface area (Å²) in [6, 6.07) is 0.455. The van der Waals surface area contributed by atoms with Crippen molar-refractivity contribution < 1.29 is 4.79 Å². The quantitative estimate of drug-likeness (QED) is 0.806. The Morgan fingerprint density at radius 2 is 2.19 bits per heavy atom. The van der Waals surface area contributed by atoms with E-state index < -0.39 is 0 Å². The van der Waals surface area contributed by atoms with Crippen LogP contribution in [0.5, 0.6) is 0 Å². The van der Waals surface area contributed by atoms with Gasteiger partial charge < -0.3 is 10.2 Å². The molecule has 1 saturated carbocycles. The van der Waals surface area contributed by atoms with E-state index in [1.807, 2.05) is 0 Å². The molecule has 0 aromatic rings. The molecule has 0 bridgehead atoms. The van der Waals surface area contributed by atoms with Crippen LogP contribution < -0.4 is 5.32 Å². The summed E-state index contributed by atoms with van der Waals surface area (Å²) in [6.45, 7) is 7.04. The smallest absolute Gasteiger partial charge is 0.228 e. The number of rotatable bonds is 2. The molecule has 1 aliphatic carbocycles. The molecule has 2 fully saturated rings. The molecule has 2 aliphatic rings. The largest absolute Gasteiger partial charge is 0.339 e. The highest BCUT2D eigenvalue weighted by molar-refractivity contribution is 5.85. The van der Waals surface area contributed by atoms with Gasteiger partial charge in [0.2, 0.25) is 5.91 Å². The third-order valence-electron chi connectivity index (χ3n) is 4.10. The van der Waals surface area contributed by atoms with E-state index >= 15 is 0 Å². The Morgan fingerprint density at radius 1 is 1.50 bits per heavy atom. The van der Waals surface area contributed by atoms with Crippen LogP contribution in [0.15, 0.2) is 0 Å². The van der Waals surface area contributed by atoms with Crippen molar-refractivity contribution in [1.82, 2.24) is 10.2 Å². The molecule has 0 spiro atoms. The van der Waals surface area contributed by atoms with Crippen LogP contribution in [0, 0.1) is 5.41 Å². The van der Waals surface area contributed by atoms with Crippen molar-refractivity contribution in [2.24, 2.45) is 5.41 Å². The fourth-order valence-corrected chi connectivity index (χ4v) is 2.77. The first kappa shape index (κ1) is 13.8. The Hall–Kier alpha value is -0.280. The first-order valence-corrected chi connectivity index (χ1v) is 6.21. The van der Waals surface area contributed by atoms with E-state index in [-0.39, 0.29) is 17.8 Å². The maximum atomic E-state index is 12.4. The zero-order valence-electron chi connectivity index (χ0n) is 10.3. The van der Waals surface area contributed by atoms with Crippen LogP contribution in [0.2, 0.25) is 0 Å². The summed E-state index contributed by atoms with van der Waals surface area (Å²) in [5, 5.41) is 3.38. The minimum atomic E-state index is 0. The maximum absolute atomic E-state index is 12.4. The van der Waals surface area contributed by atoms with Crippen LogP contribution in [-0.2, 0) is 4.79 Å². The van der Waals surface area contributed by atoms with Gasteiger partial charge in [0.1, 0.15) is 0 Å². The second-order valence-corrected chi connectivity index (χ2v) is 5.09. The molecule has 3 nitrogen and oxygen atoms in total. The lowest BCUT2D eigenvalue weighted by Gasteiger charge is -2.45. The summed E-state index contributed by atoms with van der Waals surface area (Å²) in [5.74, 6) is 0.421. The van der Waals surface area contributed by atoms with Gasteiger partial charge in [-0.25, -0.2) is 0 Å². The zero-order valence-corrected chi connectivity index (χ0v) is 11.1. The van der Waals surface area contributed by atoms with E-state index in [2.05, 4.69) is 24.1 Å². The molecule has 94 valence electrons. The van der Waals surface area contributed by atoms with Crippen molar-refractivity contribution in [3.05, 3.63) is 0 Å². The molecule has 1 N–H and O–H groups in total. The molecule has 16 heavy (non-hydrogen) atoms. The number of nitrogens with zero attached hydrogens (tertiary/aromatic N) is 1. The summed E-state index contributed by atoms with van der Waals surface area (Å²) in [7, 11) is 0. The summed E-state index contributed by atoms with van der Waals surface area (Å²) < 4.78 is 0. The lowest BCUT2D eigenvalue weighted by Crippen LogP contribution is -2.56. The summed E-state index contributed by atoms with van der Waals surface area (Å²) in [5.41, 5.74) is 0.0249. The van der Waals surface area contributed by atoms with Crippen LogP contribution in [0.1, 0.15) is 39.5 Å². The van der Waals surface area contributed by atoms with Crippen LogP contribution in [0.4, 0.5) is 0 Å². The molecule has 1 saturated heterocycles. The SMILES string of the molecule is CCC1(C(=O)N2CCN[C@H](C)C2)CCC1.Cl. The van der Waals surface area contributed by atoms with Gasteiger partial charge >= 0.3 is 0 Å². The van der Waals surface area contributed by atoms with Gasteiger partial charge in [0.15, 0.2) is 0 Å². The molecule has 1 aliphatic heterocycles. The van der Waals surface area contributed by atoms with Crippen LogP contribution >= 0.6 is 12.4 Å². The molecule has 1 atom stereocenters. The lowest BCUT2D eigenvalue weighted by molar-refractivity contribution is -0.149. The fourth-order valence-electron chi connectivity index (χ4n) is 2.77. The van der Waals surface area contributed by atoms with Gasteiger partial charge in [0.25, 0.3) is 0 Å². The summed E-state index contributed by atoms with van der Waals surface area (Å²) >= 11 is 0. The number of halogens is 1. The third kappa shape index (κ3) is 2.35. The first-order chi connectivity index (χ1) is 7.18. The number of amides is 1. The Balaban J connectivity index is 0.00000128. The second kappa shape index (κ2) is 5.37. The topological polar surface area (TPSA) is 32.3 Å². The highest BCUT2D eigenvalue weighted by Gasteiger charge is 2.44.